The van der Waals surface area contributed by atoms with Gasteiger partial charge in [0.05, 0.1) is 0 Å². The maximum atomic E-state index is 12.3. The van der Waals surface area contributed by atoms with Crippen LogP contribution in [-0.4, -0.2) is 35.8 Å². The van der Waals surface area contributed by atoms with Crippen molar-refractivity contribution in [2.24, 2.45) is 23.3 Å². The van der Waals surface area contributed by atoms with Crippen molar-refractivity contribution in [3.63, 3.8) is 0 Å². The highest BCUT2D eigenvalue weighted by Crippen LogP contribution is 2.27. The van der Waals surface area contributed by atoms with E-state index in [1.165, 1.54) is 0 Å². The summed E-state index contributed by atoms with van der Waals surface area (Å²) in [5.41, 5.74) is 11.1. The second-order valence-corrected chi connectivity index (χ2v) is 6.48. The number of nitrogens with two attached hydrogens (primary N) is 2. The highest BCUT2D eigenvalue weighted by molar-refractivity contribution is 5.76. The minimum Gasteiger partial charge on any atom is -0.370 e. The number of primary amides is 1. The molecule has 0 bridgehead atoms. The quantitative estimate of drug-likeness (QED) is 0.806. The lowest BCUT2D eigenvalue weighted by molar-refractivity contribution is -0.134. The molecule has 0 aromatic carbocycles. The minimum atomic E-state index is -0.228. The Bertz CT molecular complexity index is 343. The van der Waals surface area contributed by atoms with E-state index in [-0.39, 0.29) is 11.8 Å². The molecule has 2 rings (SSSR count). The summed E-state index contributed by atoms with van der Waals surface area (Å²) in [5.74, 6) is 0.936. The van der Waals surface area contributed by atoms with E-state index in [9.17, 15) is 9.59 Å². The van der Waals surface area contributed by atoms with Crippen molar-refractivity contribution < 1.29 is 9.59 Å². The number of likely N-dealkylation sites (tertiary alicyclic amines) is 1. The summed E-state index contributed by atoms with van der Waals surface area (Å²) in [5, 5.41) is 0. The molecule has 2 amide bonds. The van der Waals surface area contributed by atoms with Crippen LogP contribution in [-0.2, 0) is 9.59 Å². The first kappa shape index (κ1) is 15.3. The van der Waals surface area contributed by atoms with Gasteiger partial charge in [-0.15, -0.1) is 0 Å². The molecule has 0 aromatic rings. The molecule has 2 aliphatic rings. The van der Waals surface area contributed by atoms with Crippen LogP contribution < -0.4 is 11.5 Å². The number of nitrogens with zero attached hydrogens (tertiary/aromatic N) is 1. The molecule has 1 aliphatic heterocycles. The monoisotopic (exact) mass is 281 g/mol. The smallest absolute Gasteiger partial charge is 0.222 e. The summed E-state index contributed by atoms with van der Waals surface area (Å²) in [6.45, 7) is 1.56. The summed E-state index contributed by atoms with van der Waals surface area (Å²) >= 11 is 0. The lowest BCUT2D eigenvalue weighted by Crippen LogP contribution is -2.40. The predicted octanol–water partition coefficient (Wildman–Crippen LogP) is 1.01. The van der Waals surface area contributed by atoms with Gasteiger partial charge in [0.2, 0.25) is 11.8 Å². The average molecular weight is 281 g/mol. The number of rotatable bonds is 4. The average Bonchev–Trinajstić information content (AvgIpc) is 2.41. The third-order valence-corrected chi connectivity index (χ3v) is 4.81. The van der Waals surface area contributed by atoms with Crippen LogP contribution >= 0.6 is 0 Å². The summed E-state index contributed by atoms with van der Waals surface area (Å²) in [4.78, 5) is 25.1. The van der Waals surface area contributed by atoms with Gasteiger partial charge in [-0.1, -0.05) is 0 Å². The number of hydrogen-bond acceptors (Lipinski definition) is 3. The van der Waals surface area contributed by atoms with Gasteiger partial charge in [0.1, 0.15) is 0 Å². The van der Waals surface area contributed by atoms with Crippen molar-refractivity contribution in [2.45, 2.75) is 57.4 Å². The first-order valence-electron chi connectivity index (χ1n) is 7.86. The number of carbonyl (C=O) groups excluding carboxylic acids is 2. The van der Waals surface area contributed by atoms with E-state index in [0.29, 0.717) is 30.7 Å². The van der Waals surface area contributed by atoms with E-state index in [4.69, 9.17) is 11.5 Å². The molecule has 1 saturated carbocycles. The SMILES string of the molecule is NC(=O)CC1CCN(C(=O)CC2CCC(N)CC2)CC1. The second kappa shape index (κ2) is 7.07. The first-order valence-corrected chi connectivity index (χ1v) is 7.86. The Morgan fingerprint density at radius 1 is 0.900 bits per heavy atom. The van der Waals surface area contributed by atoms with Crippen molar-refractivity contribution >= 4 is 11.8 Å². The van der Waals surface area contributed by atoms with Crippen molar-refractivity contribution in [3.8, 4) is 0 Å². The largest absolute Gasteiger partial charge is 0.370 e. The Balaban J connectivity index is 1.70. The highest BCUT2D eigenvalue weighted by atomic mass is 16.2. The fourth-order valence-electron chi connectivity index (χ4n) is 3.44. The van der Waals surface area contributed by atoms with Crippen LogP contribution in [0.4, 0.5) is 0 Å². The van der Waals surface area contributed by atoms with Crippen LogP contribution in [0.15, 0.2) is 0 Å². The minimum absolute atomic E-state index is 0.228. The van der Waals surface area contributed by atoms with Crippen LogP contribution in [0.5, 0.6) is 0 Å². The Morgan fingerprint density at radius 3 is 2.00 bits per heavy atom. The lowest BCUT2D eigenvalue weighted by atomic mass is 9.84. The van der Waals surface area contributed by atoms with Crippen LogP contribution in [0.25, 0.3) is 0 Å². The van der Waals surface area contributed by atoms with Crippen LogP contribution in [0.2, 0.25) is 0 Å². The zero-order valence-electron chi connectivity index (χ0n) is 12.2. The standard InChI is InChI=1S/C15H27N3O2/c16-13-3-1-11(2-4-13)10-15(20)18-7-5-12(6-8-18)9-14(17)19/h11-13H,1-10,16H2,(H2,17,19). The zero-order chi connectivity index (χ0) is 14.5. The maximum absolute atomic E-state index is 12.3. The van der Waals surface area contributed by atoms with Gasteiger partial charge in [-0.25, -0.2) is 0 Å². The molecule has 0 atom stereocenters. The topological polar surface area (TPSA) is 89.4 Å². The summed E-state index contributed by atoms with van der Waals surface area (Å²) in [7, 11) is 0. The molecule has 0 aromatic heterocycles. The Labute approximate surface area is 121 Å². The third kappa shape index (κ3) is 4.47. The summed E-state index contributed by atoms with van der Waals surface area (Å²) in [6, 6.07) is 0.339. The molecular weight excluding hydrogens is 254 g/mol. The predicted molar refractivity (Wildman–Crippen MR) is 77.7 cm³/mol. The first-order chi connectivity index (χ1) is 9.54. The van der Waals surface area contributed by atoms with Gasteiger partial charge < -0.3 is 16.4 Å². The number of carbonyl (C=O) groups is 2. The van der Waals surface area contributed by atoms with E-state index >= 15 is 0 Å². The molecule has 20 heavy (non-hydrogen) atoms. The molecule has 114 valence electrons. The van der Waals surface area contributed by atoms with Crippen LogP contribution in [0.3, 0.4) is 0 Å². The van der Waals surface area contributed by atoms with Crippen LogP contribution in [0.1, 0.15) is 51.4 Å². The van der Waals surface area contributed by atoms with Crippen molar-refractivity contribution in [1.82, 2.24) is 4.90 Å². The fraction of sp³-hybridized carbons (Fsp3) is 0.867. The number of piperidine rings is 1. The van der Waals surface area contributed by atoms with E-state index in [1.54, 1.807) is 0 Å². The number of amides is 2. The molecule has 0 radical (unpaired) electrons. The van der Waals surface area contributed by atoms with Crippen molar-refractivity contribution in [3.05, 3.63) is 0 Å². The molecule has 2 fully saturated rings. The van der Waals surface area contributed by atoms with E-state index < -0.39 is 0 Å². The van der Waals surface area contributed by atoms with Crippen molar-refractivity contribution in [1.29, 1.82) is 0 Å². The van der Waals surface area contributed by atoms with Gasteiger partial charge in [-0.3, -0.25) is 9.59 Å². The van der Waals surface area contributed by atoms with Gasteiger partial charge in [0, 0.05) is 32.0 Å². The Morgan fingerprint density at radius 2 is 1.45 bits per heavy atom. The fourth-order valence-corrected chi connectivity index (χ4v) is 3.44. The molecule has 0 spiro atoms. The maximum Gasteiger partial charge on any atom is 0.222 e. The molecule has 5 nitrogen and oxygen atoms in total. The Kier molecular flexibility index (Phi) is 5.40. The molecule has 1 heterocycles. The van der Waals surface area contributed by atoms with Gasteiger partial charge >= 0.3 is 0 Å². The molecule has 4 N–H and O–H groups in total. The Hall–Kier alpha value is -1.10. The van der Waals surface area contributed by atoms with E-state index in [1.807, 2.05) is 4.90 Å². The van der Waals surface area contributed by atoms with E-state index in [2.05, 4.69) is 0 Å². The van der Waals surface area contributed by atoms with Crippen molar-refractivity contribution in [2.75, 3.05) is 13.1 Å². The van der Waals surface area contributed by atoms with Gasteiger partial charge in [0.25, 0.3) is 0 Å². The van der Waals surface area contributed by atoms with E-state index in [0.717, 1.165) is 51.6 Å². The summed E-state index contributed by atoms with van der Waals surface area (Å²) in [6.07, 6.45) is 7.23. The highest BCUT2D eigenvalue weighted by Gasteiger charge is 2.27. The van der Waals surface area contributed by atoms with Gasteiger partial charge in [-0.2, -0.15) is 0 Å². The summed E-state index contributed by atoms with van der Waals surface area (Å²) < 4.78 is 0. The lowest BCUT2D eigenvalue weighted by Gasteiger charge is -2.33. The second-order valence-electron chi connectivity index (χ2n) is 6.48. The molecule has 0 unspecified atom stereocenters. The molecule has 1 saturated heterocycles. The third-order valence-electron chi connectivity index (χ3n) is 4.81. The van der Waals surface area contributed by atoms with Crippen LogP contribution in [0, 0.1) is 11.8 Å². The molecule has 1 aliphatic carbocycles. The normalized spacial score (nSPS) is 28.4. The van der Waals surface area contributed by atoms with Gasteiger partial charge in [-0.05, 0) is 50.4 Å². The zero-order valence-corrected chi connectivity index (χ0v) is 12.2. The molecular formula is C15H27N3O2. The number of hydrogen-bond donors (Lipinski definition) is 2. The van der Waals surface area contributed by atoms with Gasteiger partial charge in [0.15, 0.2) is 0 Å². The molecule has 5 heteroatoms.